The van der Waals surface area contributed by atoms with E-state index in [-0.39, 0.29) is 0 Å². The van der Waals surface area contributed by atoms with E-state index in [1.54, 1.807) is 11.1 Å². The first-order valence-electron chi connectivity index (χ1n) is 13.7. The minimum Gasteiger partial charge on any atom is -0.421 e. The minimum absolute atomic E-state index is 0.377. The molecule has 1 heterocycles. The third-order valence-electron chi connectivity index (χ3n) is 7.55. The summed E-state index contributed by atoms with van der Waals surface area (Å²) in [6, 6.07) is 0. The molecule has 2 aliphatic rings. The minimum atomic E-state index is -0.854. The molecule has 200 valence electrons. The van der Waals surface area contributed by atoms with Crippen molar-refractivity contribution in [3.05, 3.63) is 57.7 Å². The summed E-state index contributed by atoms with van der Waals surface area (Å²) < 4.78 is 10.1. The van der Waals surface area contributed by atoms with Gasteiger partial charge in [0.25, 0.3) is 6.29 Å². The molecule has 0 bridgehead atoms. The molecule has 0 N–H and O–H groups in total. The quantitative estimate of drug-likeness (QED) is 0.189. The van der Waals surface area contributed by atoms with Crippen molar-refractivity contribution in [2.24, 2.45) is 5.41 Å². The Labute approximate surface area is 219 Å². The third kappa shape index (κ3) is 10.3. The predicted octanol–water partition coefficient (Wildman–Crippen LogP) is 8.85. The van der Waals surface area contributed by atoms with Crippen molar-refractivity contribution in [1.29, 1.82) is 0 Å². The molecule has 0 aromatic carbocycles. The lowest BCUT2D eigenvalue weighted by Crippen LogP contribution is -2.20. The van der Waals surface area contributed by atoms with Gasteiger partial charge in [-0.2, -0.15) is 0 Å². The van der Waals surface area contributed by atoms with Gasteiger partial charge in [0.15, 0.2) is 0 Å². The Balaban J connectivity index is 1.68. The fraction of sp³-hybridized carbons (Fsp3) is 0.625. The Morgan fingerprint density at radius 2 is 1.56 bits per heavy atom. The number of esters is 2. The van der Waals surface area contributed by atoms with Crippen LogP contribution in [0, 0.1) is 5.41 Å². The van der Waals surface area contributed by atoms with E-state index in [1.165, 1.54) is 61.8 Å². The van der Waals surface area contributed by atoms with E-state index >= 15 is 0 Å². The lowest BCUT2D eigenvalue weighted by Gasteiger charge is -2.35. The van der Waals surface area contributed by atoms with Gasteiger partial charge in [0.05, 0.1) is 0 Å². The molecule has 36 heavy (non-hydrogen) atoms. The van der Waals surface area contributed by atoms with E-state index in [0.29, 0.717) is 11.8 Å². The number of carbonyl (C=O) groups excluding carboxylic acids is 2. The summed E-state index contributed by atoms with van der Waals surface area (Å²) in [6.45, 7) is 15.2. The van der Waals surface area contributed by atoms with Crippen molar-refractivity contribution < 1.29 is 19.1 Å². The first kappa shape index (κ1) is 29.9. The molecule has 1 atom stereocenters. The first-order valence-corrected chi connectivity index (χ1v) is 13.7. The Kier molecular flexibility index (Phi) is 11.9. The number of hydrogen-bond acceptors (Lipinski definition) is 4. The van der Waals surface area contributed by atoms with Gasteiger partial charge in [0.1, 0.15) is 0 Å². The van der Waals surface area contributed by atoms with Crippen molar-refractivity contribution in [2.75, 3.05) is 0 Å². The maximum absolute atomic E-state index is 11.5. The number of ether oxygens (including phenoxy) is 2. The maximum Gasteiger partial charge on any atom is 0.334 e. The molecule has 0 saturated heterocycles. The summed E-state index contributed by atoms with van der Waals surface area (Å²) in [7, 11) is 0. The lowest BCUT2D eigenvalue weighted by atomic mass is 9.71. The van der Waals surface area contributed by atoms with Gasteiger partial charge in [-0.25, -0.2) is 4.79 Å². The lowest BCUT2D eigenvalue weighted by molar-refractivity contribution is -0.172. The van der Waals surface area contributed by atoms with E-state index in [2.05, 4.69) is 59.8 Å². The van der Waals surface area contributed by atoms with Crippen LogP contribution >= 0.6 is 0 Å². The molecule has 4 heteroatoms. The third-order valence-corrected chi connectivity index (χ3v) is 7.55. The van der Waals surface area contributed by atoms with Crippen LogP contribution in [-0.4, -0.2) is 18.2 Å². The molecule has 2 rings (SSSR count). The van der Waals surface area contributed by atoms with Crippen molar-refractivity contribution >= 4 is 11.9 Å². The van der Waals surface area contributed by atoms with E-state index in [9.17, 15) is 9.59 Å². The van der Waals surface area contributed by atoms with Crippen molar-refractivity contribution in [3.8, 4) is 0 Å². The van der Waals surface area contributed by atoms with Crippen LogP contribution < -0.4 is 0 Å². The smallest absolute Gasteiger partial charge is 0.334 e. The molecule has 0 saturated carbocycles. The molecule has 0 amide bonds. The fourth-order valence-corrected chi connectivity index (χ4v) is 5.31. The Morgan fingerprint density at radius 1 is 0.972 bits per heavy atom. The highest BCUT2D eigenvalue weighted by molar-refractivity contribution is 5.86. The van der Waals surface area contributed by atoms with Gasteiger partial charge in [-0.3, -0.25) is 4.79 Å². The van der Waals surface area contributed by atoms with Gasteiger partial charge in [0, 0.05) is 18.6 Å². The molecule has 0 aromatic rings. The highest BCUT2D eigenvalue weighted by atomic mass is 16.7. The summed E-state index contributed by atoms with van der Waals surface area (Å²) in [5.74, 6) is -0.889. The SMILES string of the molecule is CC(=O)O[C@H]1OC(=O)C=C1CC/C=C(\C)CC/C=C(\C)CC/C=C(\C)CCC1=C(C)CCCC1(C)C. The normalized spacial score (nSPS) is 21.0. The number of hydrogen-bond donors (Lipinski definition) is 0. The van der Waals surface area contributed by atoms with E-state index in [0.717, 1.165) is 37.7 Å². The van der Waals surface area contributed by atoms with Crippen LogP contribution in [0.25, 0.3) is 0 Å². The first-order chi connectivity index (χ1) is 17.0. The number of cyclic esters (lactones) is 1. The summed E-state index contributed by atoms with van der Waals surface area (Å²) in [5.41, 5.74) is 8.74. The molecule has 0 spiro atoms. The standard InChI is InChI=1S/C32H48O4/c1-23(14-9-15-25(3)19-20-29-26(4)17-11-21-32(29,6)7)12-8-13-24(2)16-10-18-28-22-30(34)36-31(28)35-27(5)33/h12,15-16,22,31H,8-11,13-14,17-21H2,1-7H3/b23-12+,24-16+,25-15+/t31-/m0/s1. The Bertz CT molecular complexity index is 939. The molecule has 0 radical (unpaired) electrons. The second-order valence-electron chi connectivity index (χ2n) is 11.4. The van der Waals surface area contributed by atoms with Gasteiger partial charge in [-0.05, 0) is 104 Å². The highest BCUT2D eigenvalue weighted by Crippen LogP contribution is 2.42. The summed E-state index contributed by atoms with van der Waals surface area (Å²) in [4.78, 5) is 22.6. The molecule has 0 unspecified atom stereocenters. The predicted molar refractivity (Wildman–Crippen MR) is 148 cm³/mol. The molecular weight excluding hydrogens is 448 g/mol. The number of carbonyl (C=O) groups is 2. The summed E-state index contributed by atoms with van der Waals surface area (Å²) >= 11 is 0. The van der Waals surface area contributed by atoms with E-state index < -0.39 is 18.2 Å². The van der Waals surface area contributed by atoms with Crippen LogP contribution in [0.2, 0.25) is 0 Å². The van der Waals surface area contributed by atoms with Crippen LogP contribution in [0.5, 0.6) is 0 Å². The summed E-state index contributed by atoms with van der Waals surface area (Å²) in [6.07, 6.45) is 19.7. The topological polar surface area (TPSA) is 52.6 Å². The van der Waals surface area contributed by atoms with Crippen LogP contribution in [0.4, 0.5) is 0 Å². The molecule has 1 aliphatic carbocycles. The molecule has 0 aromatic heterocycles. The van der Waals surface area contributed by atoms with Gasteiger partial charge in [-0.15, -0.1) is 0 Å². The van der Waals surface area contributed by atoms with Gasteiger partial charge >= 0.3 is 11.9 Å². The van der Waals surface area contributed by atoms with Crippen LogP contribution in [0.1, 0.15) is 119 Å². The Hall–Kier alpha value is -2.36. The maximum atomic E-state index is 11.5. The fourth-order valence-electron chi connectivity index (χ4n) is 5.31. The monoisotopic (exact) mass is 496 g/mol. The summed E-state index contributed by atoms with van der Waals surface area (Å²) in [5, 5.41) is 0. The number of allylic oxidation sites excluding steroid dienone is 8. The molecule has 4 nitrogen and oxygen atoms in total. The number of rotatable bonds is 13. The largest absolute Gasteiger partial charge is 0.421 e. The van der Waals surface area contributed by atoms with Crippen molar-refractivity contribution in [1.82, 2.24) is 0 Å². The Morgan fingerprint density at radius 3 is 2.14 bits per heavy atom. The van der Waals surface area contributed by atoms with Gasteiger partial charge in [0.2, 0.25) is 0 Å². The van der Waals surface area contributed by atoms with Gasteiger partial charge in [-0.1, -0.05) is 59.9 Å². The highest BCUT2D eigenvalue weighted by Gasteiger charge is 2.28. The molecule has 1 aliphatic heterocycles. The van der Waals surface area contributed by atoms with Crippen LogP contribution in [0.3, 0.4) is 0 Å². The van der Waals surface area contributed by atoms with Crippen molar-refractivity contribution in [3.63, 3.8) is 0 Å². The average molecular weight is 497 g/mol. The van der Waals surface area contributed by atoms with E-state index in [1.807, 2.05) is 0 Å². The zero-order valence-electron chi connectivity index (χ0n) is 23.8. The van der Waals surface area contributed by atoms with Gasteiger partial charge < -0.3 is 9.47 Å². The second-order valence-corrected chi connectivity index (χ2v) is 11.4. The zero-order valence-corrected chi connectivity index (χ0v) is 23.8. The van der Waals surface area contributed by atoms with Crippen LogP contribution in [-0.2, 0) is 19.1 Å². The molecule has 0 fully saturated rings. The zero-order chi connectivity index (χ0) is 26.7. The molecular formula is C32H48O4. The second kappa shape index (κ2) is 14.4. The van der Waals surface area contributed by atoms with E-state index in [4.69, 9.17) is 9.47 Å². The van der Waals surface area contributed by atoms with Crippen molar-refractivity contribution in [2.45, 2.75) is 125 Å². The average Bonchev–Trinajstić information content (AvgIpc) is 3.11. The van der Waals surface area contributed by atoms with Crippen LogP contribution in [0.15, 0.2) is 57.7 Å².